The number of β-amino-alcohol motifs (C(OH)–C–C–N with tert-alkyl or cyclic N) is 1. The number of aliphatic hydroxyl groups excluding tert-OH is 1. The monoisotopic (exact) mass is 482 g/mol. The molecule has 0 saturated carbocycles. The maximum atomic E-state index is 9.73. The molecule has 2 fully saturated rings. The molecule has 3 aromatic rings. The fourth-order valence-corrected chi connectivity index (χ4v) is 6.31. The molecule has 2 saturated heterocycles. The van der Waals surface area contributed by atoms with Gasteiger partial charge >= 0.3 is 0 Å². The molecule has 0 aliphatic carbocycles. The summed E-state index contributed by atoms with van der Waals surface area (Å²) in [5.41, 5.74) is 6.68. The van der Waals surface area contributed by atoms with Gasteiger partial charge in [-0.15, -0.1) is 0 Å². The van der Waals surface area contributed by atoms with Crippen molar-refractivity contribution in [2.45, 2.75) is 44.5 Å². The van der Waals surface area contributed by atoms with E-state index in [1.807, 2.05) is 12.1 Å². The van der Waals surface area contributed by atoms with Crippen LogP contribution >= 0.6 is 0 Å². The summed E-state index contributed by atoms with van der Waals surface area (Å²) in [5, 5.41) is 23.9. The highest BCUT2D eigenvalue weighted by Gasteiger charge is 2.36. The zero-order valence-corrected chi connectivity index (χ0v) is 20.9. The van der Waals surface area contributed by atoms with Gasteiger partial charge in [-0.1, -0.05) is 6.07 Å². The number of pyridine rings is 1. The Morgan fingerprint density at radius 2 is 2.06 bits per heavy atom. The summed E-state index contributed by atoms with van der Waals surface area (Å²) in [7, 11) is 0. The van der Waals surface area contributed by atoms with Gasteiger partial charge in [-0.25, -0.2) is 0 Å². The maximum absolute atomic E-state index is 9.73. The highest BCUT2D eigenvalue weighted by atomic mass is 16.3. The smallest absolute Gasteiger partial charge is 0.101 e. The zero-order chi connectivity index (χ0) is 24.6. The molecule has 0 amide bonds. The van der Waals surface area contributed by atoms with Crippen LogP contribution in [0.4, 0.5) is 11.4 Å². The molecule has 36 heavy (non-hydrogen) atoms. The van der Waals surface area contributed by atoms with E-state index in [0.717, 1.165) is 69.6 Å². The first-order valence-corrected chi connectivity index (χ1v) is 13.1. The summed E-state index contributed by atoms with van der Waals surface area (Å²) >= 11 is 0. The lowest BCUT2D eigenvalue weighted by Gasteiger charge is -2.49. The molecule has 3 aliphatic rings. The van der Waals surface area contributed by atoms with Crippen LogP contribution in [-0.2, 0) is 13.0 Å². The Kier molecular flexibility index (Phi) is 6.26. The average molecular weight is 483 g/mol. The summed E-state index contributed by atoms with van der Waals surface area (Å²) in [6, 6.07) is 18.1. The molecule has 0 spiro atoms. The van der Waals surface area contributed by atoms with Gasteiger partial charge in [0.25, 0.3) is 0 Å². The van der Waals surface area contributed by atoms with Gasteiger partial charge in [-0.2, -0.15) is 5.26 Å². The molecule has 7 heteroatoms. The van der Waals surface area contributed by atoms with Crippen LogP contribution in [0, 0.1) is 11.3 Å². The van der Waals surface area contributed by atoms with E-state index in [2.05, 4.69) is 68.3 Å². The summed E-state index contributed by atoms with van der Waals surface area (Å²) in [5.74, 6) is 0. The van der Waals surface area contributed by atoms with Crippen molar-refractivity contribution in [3.05, 3.63) is 65.4 Å². The Bertz CT molecular complexity index is 1300. The number of nitrogens with one attached hydrogen (secondary N) is 1. The summed E-state index contributed by atoms with van der Waals surface area (Å²) in [4.78, 5) is 12.0. The second-order valence-corrected chi connectivity index (χ2v) is 10.6. The average Bonchev–Trinajstić information content (AvgIpc) is 3.31. The van der Waals surface area contributed by atoms with Crippen molar-refractivity contribution in [3.63, 3.8) is 0 Å². The minimum absolute atomic E-state index is 0.156. The second kappa shape index (κ2) is 9.70. The molecule has 6 rings (SSSR count). The van der Waals surface area contributed by atoms with Crippen molar-refractivity contribution in [1.82, 2.24) is 14.8 Å². The van der Waals surface area contributed by atoms with Crippen LogP contribution in [0.25, 0.3) is 10.9 Å². The molecular formula is C29H34N6O. The van der Waals surface area contributed by atoms with Crippen molar-refractivity contribution >= 4 is 22.3 Å². The third-order valence-electron chi connectivity index (χ3n) is 8.18. The Labute approximate surface area is 212 Å². The van der Waals surface area contributed by atoms with E-state index in [1.54, 1.807) is 6.20 Å². The minimum Gasteiger partial charge on any atom is -0.392 e. The largest absolute Gasteiger partial charge is 0.392 e. The normalized spacial score (nSPS) is 24.4. The fraction of sp³-hybridized carbons (Fsp3) is 0.448. The third-order valence-corrected chi connectivity index (χ3v) is 8.18. The molecule has 3 atom stereocenters. The quantitative estimate of drug-likeness (QED) is 0.578. The lowest BCUT2D eigenvalue weighted by Crippen LogP contribution is -2.59. The predicted octanol–water partition coefficient (Wildman–Crippen LogP) is 3.22. The van der Waals surface area contributed by atoms with Gasteiger partial charge in [0.1, 0.15) is 6.07 Å². The number of anilines is 2. The number of rotatable bonds is 5. The van der Waals surface area contributed by atoms with E-state index in [-0.39, 0.29) is 6.10 Å². The molecule has 7 nitrogen and oxygen atoms in total. The van der Waals surface area contributed by atoms with Crippen LogP contribution in [0.1, 0.15) is 30.0 Å². The number of nitrogens with zero attached hydrogens (tertiary/aromatic N) is 5. The van der Waals surface area contributed by atoms with Crippen LogP contribution in [0.15, 0.2) is 48.7 Å². The number of hydrogen-bond donors (Lipinski definition) is 2. The highest BCUT2D eigenvalue weighted by Crippen LogP contribution is 2.35. The lowest BCUT2D eigenvalue weighted by molar-refractivity contribution is 0.101. The van der Waals surface area contributed by atoms with E-state index in [0.29, 0.717) is 17.6 Å². The van der Waals surface area contributed by atoms with Crippen molar-refractivity contribution < 1.29 is 5.11 Å². The van der Waals surface area contributed by atoms with E-state index in [4.69, 9.17) is 0 Å². The van der Waals surface area contributed by atoms with Crippen LogP contribution in [0.3, 0.4) is 0 Å². The number of aliphatic hydroxyl groups is 1. The molecule has 0 radical (unpaired) electrons. The first-order chi connectivity index (χ1) is 17.6. The van der Waals surface area contributed by atoms with Crippen molar-refractivity contribution in [1.29, 1.82) is 5.26 Å². The van der Waals surface area contributed by atoms with Crippen LogP contribution < -0.4 is 10.2 Å². The molecule has 2 N–H and O–H groups in total. The highest BCUT2D eigenvalue weighted by molar-refractivity contribution is 5.95. The lowest BCUT2D eigenvalue weighted by atomic mass is 9.89. The Hall–Kier alpha value is -3.18. The van der Waals surface area contributed by atoms with Crippen molar-refractivity contribution in [2.75, 3.05) is 49.5 Å². The molecule has 3 aliphatic heterocycles. The first kappa shape index (κ1) is 23.2. The molecule has 1 aromatic heterocycles. The molecule has 186 valence electrons. The number of aromatic nitrogens is 1. The minimum atomic E-state index is -0.156. The Balaban J connectivity index is 1.16. The number of fused-ring (bicyclic) bond motifs is 3. The van der Waals surface area contributed by atoms with Gasteiger partial charge < -0.3 is 15.3 Å². The van der Waals surface area contributed by atoms with Crippen LogP contribution in [0.2, 0.25) is 0 Å². The van der Waals surface area contributed by atoms with Gasteiger partial charge in [-0.05, 0) is 67.3 Å². The molecule has 1 unspecified atom stereocenters. The van der Waals surface area contributed by atoms with Gasteiger partial charge in [0.15, 0.2) is 0 Å². The second-order valence-electron chi connectivity index (χ2n) is 10.6. The molecule has 0 bridgehead atoms. The van der Waals surface area contributed by atoms with E-state index in [9.17, 15) is 10.4 Å². The Morgan fingerprint density at radius 3 is 2.89 bits per heavy atom. The third kappa shape index (κ3) is 4.41. The Morgan fingerprint density at radius 1 is 1.14 bits per heavy atom. The topological polar surface area (TPSA) is 78.7 Å². The van der Waals surface area contributed by atoms with Gasteiger partial charge in [-0.3, -0.25) is 14.8 Å². The number of hydrogen-bond acceptors (Lipinski definition) is 7. The number of nitriles is 1. The fourth-order valence-electron chi connectivity index (χ4n) is 6.31. The van der Waals surface area contributed by atoms with E-state index < -0.39 is 0 Å². The zero-order valence-electron chi connectivity index (χ0n) is 20.9. The summed E-state index contributed by atoms with van der Waals surface area (Å²) < 4.78 is 0. The van der Waals surface area contributed by atoms with E-state index >= 15 is 0 Å². The van der Waals surface area contributed by atoms with Crippen molar-refractivity contribution in [3.8, 4) is 6.07 Å². The van der Waals surface area contributed by atoms with Crippen LogP contribution in [0.5, 0.6) is 0 Å². The van der Waals surface area contributed by atoms with Gasteiger partial charge in [0, 0.05) is 80.9 Å². The van der Waals surface area contributed by atoms with Crippen molar-refractivity contribution in [2.24, 2.45) is 0 Å². The molecular weight excluding hydrogens is 448 g/mol. The molecule has 2 aromatic carbocycles. The van der Waals surface area contributed by atoms with E-state index in [1.165, 1.54) is 22.5 Å². The number of piperazine rings is 1. The number of likely N-dealkylation sites (tertiary alicyclic amines) is 1. The maximum Gasteiger partial charge on any atom is 0.101 e. The van der Waals surface area contributed by atoms with Gasteiger partial charge in [0.2, 0.25) is 0 Å². The van der Waals surface area contributed by atoms with Gasteiger partial charge in [0.05, 0.1) is 17.2 Å². The number of benzene rings is 2. The standard InChI is InChI=1S/C29H34N6O/c1-20-16-34(28-7-5-22(15-30)29-27(28)3-2-9-32-29)18-25-14-21-4-6-24(13-23(21)17-35(20)25)31-10-12-33-11-8-26(36)19-33/h2-7,9,13,20,25-26,31,36H,8,10-12,14,16-19H2,1H3/t20-,25?,26+/m1/s1. The molecule has 4 heterocycles. The summed E-state index contributed by atoms with van der Waals surface area (Å²) in [6.07, 6.45) is 3.56. The summed E-state index contributed by atoms with van der Waals surface area (Å²) in [6.45, 7) is 8.91. The SMILES string of the molecule is C[C@@H]1CN(c2ccc(C#N)c3ncccc23)CC2Cc3ccc(NCCN4CC[C@H](O)C4)cc3CN21. The first-order valence-electron chi connectivity index (χ1n) is 13.1. The van der Waals surface area contributed by atoms with Crippen LogP contribution in [-0.4, -0.2) is 77.3 Å². The predicted molar refractivity (Wildman–Crippen MR) is 143 cm³/mol.